The molecular weight excluding hydrogens is 208 g/mol. The Kier molecular flexibility index (Phi) is 6.03. The minimum Gasteiger partial charge on any atom is -0.491 e. The van der Waals surface area contributed by atoms with Gasteiger partial charge in [0.05, 0.1) is 6.61 Å². The van der Waals surface area contributed by atoms with Gasteiger partial charge in [0.15, 0.2) is 0 Å². The molecule has 0 aromatic heterocycles. The molecule has 0 unspecified atom stereocenters. The van der Waals surface area contributed by atoms with Gasteiger partial charge in [0, 0.05) is 13.0 Å². The Balaban J connectivity index is 1.94. The first-order valence-corrected chi connectivity index (χ1v) is 5.26. The van der Waals surface area contributed by atoms with E-state index in [1.54, 1.807) is 0 Å². The smallest absolute Gasteiger partial charge is 0.303 e. The average molecular weight is 224 g/mol. The number of hydrogen-bond acceptors (Lipinski definition) is 3. The molecule has 0 fully saturated rings. The van der Waals surface area contributed by atoms with Crippen LogP contribution in [0.1, 0.15) is 12.8 Å². The van der Waals surface area contributed by atoms with E-state index < -0.39 is 5.97 Å². The summed E-state index contributed by atoms with van der Waals surface area (Å²) in [5.41, 5.74) is 0. The predicted molar refractivity (Wildman–Crippen MR) is 59.6 cm³/mol. The Bertz CT molecular complexity index is 297. The van der Waals surface area contributed by atoms with E-state index in [1.807, 2.05) is 30.3 Å². The Hall–Kier alpha value is -1.55. The van der Waals surface area contributed by atoms with Gasteiger partial charge in [-0.2, -0.15) is 0 Å². The Labute approximate surface area is 94.8 Å². The molecule has 4 heteroatoms. The van der Waals surface area contributed by atoms with Gasteiger partial charge in [0.25, 0.3) is 0 Å². The predicted octanol–water partition coefficient (Wildman–Crippen LogP) is 1.95. The summed E-state index contributed by atoms with van der Waals surface area (Å²) in [6, 6.07) is 9.50. The number of benzene rings is 1. The molecule has 0 spiro atoms. The summed E-state index contributed by atoms with van der Waals surface area (Å²) in [5.74, 6) is 0.0285. The molecule has 0 atom stereocenters. The quantitative estimate of drug-likeness (QED) is 0.686. The van der Waals surface area contributed by atoms with Crippen molar-refractivity contribution < 1.29 is 19.4 Å². The first kappa shape index (κ1) is 12.5. The molecule has 1 aromatic rings. The molecule has 0 radical (unpaired) electrons. The van der Waals surface area contributed by atoms with Gasteiger partial charge >= 0.3 is 5.97 Å². The van der Waals surface area contributed by atoms with E-state index in [1.165, 1.54) is 0 Å². The Morgan fingerprint density at radius 2 is 1.88 bits per heavy atom. The molecule has 0 saturated carbocycles. The summed E-state index contributed by atoms with van der Waals surface area (Å²) in [7, 11) is 0. The van der Waals surface area contributed by atoms with Crippen molar-refractivity contribution in [2.24, 2.45) is 0 Å². The highest BCUT2D eigenvalue weighted by molar-refractivity contribution is 5.66. The Morgan fingerprint density at radius 1 is 1.12 bits per heavy atom. The highest BCUT2D eigenvalue weighted by atomic mass is 16.5. The van der Waals surface area contributed by atoms with Crippen molar-refractivity contribution in [1.29, 1.82) is 0 Å². The Morgan fingerprint density at radius 3 is 2.56 bits per heavy atom. The summed E-state index contributed by atoms with van der Waals surface area (Å²) in [5, 5.41) is 8.38. The normalized spacial score (nSPS) is 10.0. The molecule has 0 aliphatic heterocycles. The fraction of sp³-hybridized carbons (Fsp3) is 0.417. The van der Waals surface area contributed by atoms with E-state index in [4.69, 9.17) is 14.6 Å². The second-order valence-electron chi connectivity index (χ2n) is 3.27. The summed E-state index contributed by atoms with van der Waals surface area (Å²) >= 11 is 0. The van der Waals surface area contributed by atoms with Gasteiger partial charge in [-0.1, -0.05) is 18.2 Å². The summed E-state index contributed by atoms with van der Waals surface area (Å²) in [6.45, 7) is 1.43. The van der Waals surface area contributed by atoms with Gasteiger partial charge in [-0.25, -0.2) is 0 Å². The molecule has 88 valence electrons. The monoisotopic (exact) mass is 224 g/mol. The van der Waals surface area contributed by atoms with Crippen molar-refractivity contribution in [3.63, 3.8) is 0 Å². The maximum Gasteiger partial charge on any atom is 0.303 e. The molecule has 0 heterocycles. The number of carboxylic acids is 1. The largest absolute Gasteiger partial charge is 0.491 e. The average Bonchev–Trinajstić information content (AvgIpc) is 2.29. The van der Waals surface area contributed by atoms with Crippen molar-refractivity contribution in [1.82, 2.24) is 0 Å². The topological polar surface area (TPSA) is 55.8 Å². The molecule has 1 aromatic carbocycles. The van der Waals surface area contributed by atoms with Gasteiger partial charge in [0.2, 0.25) is 0 Å². The van der Waals surface area contributed by atoms with E-state index in [-0.39, 0.29) is 6.42 Å². The lowest BCUT2D eigenvalue weighted by molar-refractivity contribution is -0.137. The second kappa shape index (κ2) is 7.70. The lowest BCUT2D eigenvalue weighted by atomic mass is 10.3. The molecule has 4 nitrogen and oxygen atoms in total. The van der Waals surface area contributed by atoms with Crippen LogP contribution in [0.25, 0.3) is 0 Å². The van der Waals surface area contributed by atoms with Gasteiger partial charge < -0.3 is 14.6 Å². The zero-order valence-electron chi connectivity index (χ0n) is 9.09. The lowest BCUT2D eigenvalue weighted by Crippen LogP contribution is -2.08. The van der Waals surface area contributed by atoms with Crippen LogP contribution in [0.4, 0.5) is 0 Å². The van der Waals surface area contributed by atoms with Crippen LogP contribution in [0.3, 0.4) is 0 Å². The molecule has 0 bridgehead atoms. The minimum atomic E-state index is -0.788. The van der Waals surface area contributed by atoms with Crippen LogP contribution in [0.5, 0.6) is 5.75 Å². The van der Waals surface area contributed by atoms with Gasteiger partial charge in [0.1, 0.15) is 12.4 Å². The number of carbonyl (C=O) groups is 1. The third kappa shape index (κ3) is 6.03. The first-order chi connectivity index (χ1) is 7.79. The molecule has 0 aliphatic carbocycles. The lowest BCUT2D eigenvalue weighted by Gasteiger charge is -2.06. The standard InChI is InChI=1S/C12H16O4/c13-12(14)7-4-8-15-9-10-16-11-5-2-1-3-6-11/h1-3,5-6H,4,7-10H2,(H,13,14). The number of aliphatic carboxylic acids is 1. The highest BCUT2D eigenvalue weighted by Crippen LogP contribution is 2.07. The molecule has 16 heavy (non-hydrogen) atoms. The van der Waals surface area contributed by atoms with Crippen molar-refractivity contribution in [2.45, 2.75) is 12.8 Å². The zero-order chi connectivity index (χ0) is 11.6. The number of ether oxygens (including phenoxy) is 2. The van der Waals surface area contributed by atoms with Gasteiger partial charge in [-0.3, -0.25) is 4.79 Å². The van der Waals surface area contributed by atoms with Crippen LogP contribution < -0.4 is 4.74 Å². The van der Waals surface area contributed by atoms with Crippen molar-refractivity contribution in [3.8, 4) is 5.75 Å². The van der Waals surface area contributed by atoms with Crippen LogP contribution in [-0.2, 0) is 9.53 Å². The fourth-order valence-electron chi connectivity index (χ4n) is 1.16. The van der Waals surface area contributed by atoms with Crippen LogP contribution in [0.2, 0.25) is 0 Å². The van der Waals surface area contributed by atoms with E-state index in [2.05, 4.69) is 0 Å². The molecule has 0 aliphatic rings. The molecule has 0 amide bonds. The highest BCUT2D eigenvalue weighted by Gasteiger charge is 1.96. The van der Waals surface area contributed by atoms with Crippen LogP contribution >= 0.6 is 0 Å². The maximum atomic E-state index is 10.2. The second-order valence-corrected chi connectivity index (χ2v) is 3.27. The number of para-hydroxylation sites is 1. The van der Waals surface area contributed by atoms with Gasteiger partial charge in [-0.05, 0) is 18.6 Å². The minimum absolute atomic E-state index is 0.152. The summed E-state index contributed by atoms with van der Waals surface area (Å²) in [6.07, 6.45) is 0.695. The molecule has 1 N–H and O–H groups in total. The number of rotatable bonds is 8. The molecule has 1 rings (SSSR count). The first-order valence-electron chi connectivity index (χ1n) is 5.26. The maximum absolute atomic E-state index is 10.2. The van der Waals surface area contributed by atoms with Crippen molar-refractivity contribution in [3.05, 3.63) is 30.3 Å². The zero-order valence-corrected chi connectivity index (χ0v) is 9.09. The van der Waals surface area contributed by atoms with Gasteiger partial charge in [-0.15, -0.1) is 0 Å². The van der Waals surface area contributed by atoms with Crippen LogP contribution in [0.15, 0.2) is 30.3 Å². The van der Waals surface area contributed by atoms with E-state index >= 15 is 0 Å². The SMILES string of the molecule is O=C(O)CCCOCCOc1ccccc1. The molecular formula is C12H16O4. The summed E-state index contributed by atoms with van der Waals surface area (Å²) < 4.78 is 10.6. The fourth-order valence-corrected chi connectivity index (χ4v) is 1.16. The number of carboxylic acid groups (broad SMARTS) is 1. The third-order valence-electron chi connectivity index (χ3n) is 1.92. The van der Waals surface area contributed by atoms with Crippen molar-refractivity contribution >= 4 is 5.97 Å². The van der Waals surface area contributed by atoms with Crippen LogP contribution in [-0.4, -0.2) is 30.9 Å². The number of hydrogen-bond donors (Lipinski definition) is 1. The van der Waals surface area contributed by atoms with E-state index in [0.717, 1.165) is 5.75 Å². The summed E-state index contributed by atoms with van der Waals surface area (Å²) in [4.78, 5) is 10.2. The van der Waals surface area contributed by atoms with E-state index in [9.17, 15) is 4.79 Å². The van der Waals surface area contributed by atoms with Crippen molar-refractivity contribution in [2.75, 3.05) is 19.8 Å². The van der Waals surface area contributed by atoms with Crippen LogP contribution in [0, 0.1) is 0 Å². The molecule has 0 saturated heterocycles. The third-order valence-corrected chi connectivity index (χ3v) is 1.92. The van der Waals surface area contributed by atoms with E-state index in [0.29, 0.717) is 26.2 Å².